The number of halogens is 2. The summed E-state index contributed by atoms with van der Waals surface area (Å²) in [5.41, 5.74) is 0.412. The van der Waals surface area contributed by atoms with E-state index in [0.29, 0.717) is 42.3 Å². The van der Waals surface area contributed by atoms with Crippen molar-refractivity contribution in [3.8, 4) is 6.07 Å². The maximum Gasteiger partial charge on any atom is 0.228 e. The lowest BCUT2D eigenvalue weighted by atomic mass is 9.96. The van der Waals surface area contributed by atoms with Crippen LogP contribution in [0.4, 0.5) is 10.8 Å². The SMILES string of the molecule is N#Cc1c(Cl)nsc1N1CCC(C(=O)Nc2ccc(Cl)cn2)CC1. The summed E-state index contributed by atoms with van der Waals surface area (Å²) in [6.45, 7) is 1.36. The van der Waals surface area contributed by atoms with E-state index in [1.807, 2.05) is 0 Å². The molecule has 1 amide bonds. The average molecular weight is 382 g/mol. The number of nitrogens with one attached hydrogen (secondary N) is 1. The van der Waals surface area contributed by atoms with E-state index < -0.39 is 0 Å². The first-order valence-corrected chi connectivity index (χ1v) is 8.84. The molecule has 0 aliphatic carbocycles. The van der Waals surface area contributed by atoms with Gasteiger partial charge in [0.05, 0.1) is 5.02 Å². The Morgan fingerprint density at radius 3 is 2.75 bits per heavy atom. The van der Waals surface area contributed by atoms with Crippen molar-refractivity contribution in [2.45, 2.75) is 12.8 Å². The molecule has 0 spiro atoms. The van der Waals surface area contributed by atoms with Crippen LogP contribution in [0.2, 0.25) is 10.2 Å². The average Bonchev–Trinajstić information content (AvgIpc) is 2.97. The van der Waals surface area contributed by atoms with Crippen LogP contribution in [-0.4, -0.2) is 28.4 Å². The van der Waals surface area contributed by atoms with Crippen molar-refractivity contribution in [2.24, 2.45) is 5.92 Å². The minimum absolute atomic E-state index is 0.0488. The first-order chi connectivity index (χ1) is 11.6. The van der Waals surface area contributed by atoms with Crippen molar-refractivity contribution in [3.05, 3.63) is 34.1 Å². The van der Waals surface area contributed by atoms with E-state index in [1.54, 1.807) is 12.1 Å². The summed E-state index contributed by atoms with van der Waals surface area (Å²) >= 11 is 12.9. The molecule has 124 valence electrons. The van der Waals surface area contributed by atoms with Crippen LogP contribution in [0.5, 0.6) is 0 Å². The van der Waals surface area contributed by atoms with E-state index in [4.69, 9.17) is 28.5 Å². The molecule has 1 fully saturated rings. The van der Waals surface area contributed by atoms with Crippen LogP contribution < -0.4 is 10.2 Å². The molecule has 3 heterocycles. The molecule has 1 saturated heterocycles. The number of piperidine rings is 1. The fraction of sp³-hybridized carbons (Fsp3) is 0.333. The maximum absolute atomic E-state index is 12.3. The van der Waals surface area contributed by atoms with Crippen LogP contribution in [0, 0.1) is 17.2 Å². The Bertz CT molecular complexity index is 778. The first kappa shape index (κ1) is 17.0. The Morgan fingerprint density at radius 1 is 1.38 bits per heavy atom. The second kappa shape index (κ2) is 7.34. The highest BCUT2D eigenvalue weighted by Crippen LogP contribution is 2.34. The molecule has 0 radical (unpaired) electrons. The molecule has 24 heavy (non-hydrogen) atoms. The van der Waals surface area contributed by atoms with Gasteiger partial charge in [-0.3, -0.25) is 4.79 Å². The van der Waals surface area contributed by atoms with Crippen molar-refractivity contribution in [1.29, 1.82) is 5.26 Å². The van der Waals surface area contributed by atoms with Crippen molar-refractivity contribution in [2.75, 3.05) is 23.3 Å². The number of pyridine rings is 1. The number of anilines is 2. The highest BCUT2D eigenvalue weighted by atomic mass is 35.5. The number of nitrogens with zero attached hydrogens (tertiary/aromatic N) is 4. The van der Waals surface area contributed by atoms with E-state index in [2.05, 4.69) is 25.6 Å². The molecule has 1 aliphatic heterocycles. The molecule has 1 aliphatic rings. The summed E-state index contributed by atoms with van der Waals surface area (Å²) in [7, 11) is 0. The zero-order valence-electron chi connectivity index (χ0n) is 12.5. The standard InChI is InChI=1S/C15H13Cl2N5OS/c16-10-1-2-12(19-8-10)20-14(23)9-3-5-22(6-4-9)15-11(7-18)13(17)21-24-15/h1-2,8-9H,3-6H2,(H,19,20,23). The van der Waals surface area contributed by atoms with Gasteiger partial charge < -0.3 is 10.2 Å². The van der Waals surface area contributed by atoms with Crippen LogP contribution in [-0.2, 0) is 4.79 Å². The van der Waals surface area contributed by atoms with Crippen LogP contribution in [0.15, 0.2) is 18.3 Å². The number of hydrogen-bond donors (Lipinski definition) is 1. The fourth-order valence-corrected chi connectivity index (χ4v) is 3.79. The van der Waals surface area contributed by atoms with Gasteiger partial charge in [-0.15, -0.1) is 0 Å². The summed E-state index contributed by atoms with van der Waals surface area (Å²) in [6.07, 6.45) is 2.89. The number of nitriles is 1. The largest absolute Gasteiger partial charge is 0.361 e. The molecule has 9 heteroatoms. The van der Waals surface area contributed by atoms with Crippen molar-refractivity contribution >= 4 is 51.5 Å². The number of aromatic nitrogens is 2. The molecule has 0 bridgehead atoms. The van der Waals surface area contributed by atoms with E-state index in [0.717, 1.165) is 5.00 Å². The molecule has 0 unspecified atom stereocenters. The van der Waals surface area contributed by atoms with Gasteiger partial charge in [0.1, 0.15) is 22.5 Å². The number of rotatable bonds is 3. The first-order valence-electron chi connectivity index (χ1n) is 7.31. The van der Waals surface area contributed by atoms with Crippen LogP contribution in [0.1, 0.15) is 18.4 Å². The highest BCUT2D eigenvalue weighted by molar-refractivity contribution is 7.10. The topological polar surface area (TPSA) is 81.9 Å². The van der Waals surface area contributed by atoms with Gasteiger partial charge >= 0.3 is 0 Å². The summed E-state index contributed by atoms with van der Waals surface area (Å²) in [5.74, 6) is 0.354. The zero-order valence-corrected chi connectivity index (χ0v) is 14.8. The van der Waals surface area contributed by atoms with Crippen LogP contribution in [0.25, 0.3) is 0 Å². The lowest BCUT2D eigenvalue weighted by molar-refractivity contribution is -0.120. The minimum atomic E-state index is -0.0901. The third-order valence-electron chi connectivity index (χ3n) is 3.88. The summed E-state index contributed by atoms with van der Waals surface area (Å²) < 4.78 is 4.02. The van der Waals surface area contributed by atoms with Crippen LogP contribution in [0.3, 0.4) is 0 Å². The molecule has 1 N–H and O–H groups in total. The van der Waals surface area contributed by atoms with Gasteiger partial charge in [0.25, 0.3) is 0 Å². The lowest BCUT2D eigenvalue weighted by Gasteiger charge is -2.31. The van der Waals surface area contributed by atoms with Gasteiger partial charge in [0, 0.05) is 25.2 Å². The Labute approximate surface area is 153 Å². The third kappa shape index (κ3) is 3.61. The minimum Gasteiger partial charge on any atom is -0.361 e. The normalized spacial score (nSPS) is 15.1. The van der Waals surface area contributed by atoms with Gasteiger partial charge in [-0.05, 0) is 36.5 Å². The fourth-order valence-electron chi connectivity index (χ4n) is 2.60. The Kier molecular flexibility index (Phi) is 5.19. The third-order valence-corrected chi connectivity index (χ3v) is 5.38. The van der Waals surface area contributed by atoms with E-state index in [-0.39, 0.29) is 17.0 Å². The maximum atomic E-state index is 12.3. The number of amides is 1. The second-order valence-corrected chi connectivity index (χ2v) is 6.92. The molecule has 2 aromatic rings. The number of hydrogen-bond acceptors (Lipinski definition) is 6. The monoisotopic (exact) mass is 381 g/mol. The Morgan fingerprint density at radius 2 is 2.12 bits per heavy atom. The van der Waals surface area contributed by atoms with Gasteiger partial charge in [0.15, 0.2) is 5.15 Å². The Balaban J connectivity index is 1.59. The molecular weight excluding hydrogens is 369 g/mol. The molecule has 0 aromatic carbocycles. The summed E-state index contributed by atoms with van der Waals surface area (Å²) in [6, 6.07) is 5.45. The molecular formula is C15H13Cl2N5OS. The van der Waals surface area contributed by atoms with Gasteiger partial charge in [-0.25, -0.2) is 4.98 Å². The quantitative estimate of drug-likeness (QED) is 0.878. The molecule has 3 rings (SSSR count). The second-order valence-electron chi connectivity index (χ2n) is 5.38. The molecule has 0 atom stereocenters. The van der Waals surface area contributed by atoms with E-state index >= 15 is 0 Å². The molecule has 2 aromatic heterocycles. The Hall–Kier alpha value is -1.88. The molecule has 6 nitrogen and oxygen atoms in total. The smallest absolute Gasteiger partial charge is 0.228 e. The van der Waals surface area contributed by atoms with Gasteiger partial charge in [0.2, 0.25) is 5.91 Å². The summed E-state index contributed by atoms with van der Waals surface area (Å²) in [4.78, 5) is 18.5. The zero-order chi connectivity index (χ0) is 17.1. The number of carbonyl (C=O) groups is 1. The number of carbonyl (C=O) groups excluding carboxylic acids is 1. The van der Waals surface area contributed by atoms with E-state index in [1.165, 1.54) is 17.7 Å². The predicted octanol–water partition coefficient (Wildman–Crippen LogP) is 3.57. The highest BCUT2D eigenvalue weighted by Gasteiger charge is 2.28. The van der Waals surface area contributed by atoms with Crippen molar-refractivity contribution in [1.82, 2.24) is 9.36 Å². The predicted molar refractivity (Wildman–Crippen MR) is 94.7 cm³/mol. The van der Waals surface area contributed by atoms with E-state index in [9.17, 15) is 4.79 Å². The van der Waals surface area contributed by atoms with Gasteiger partial charge in [-0.1, -0.05) is 23.2 Å². The summed E-state index contributed by atoms with van der Waals surface area (Å²) in [5, 5.41) is 13.5. The van der Waals surface area contributed by atoms with Gasteiger partial charge in [-0.2, -0.15) is 9.64 Å². The van der Waals surface area contributed by atoms with Crippen molar-refractivity contribution < 1.29 is 4.79 Å². The molecule has 0 saturated carbocycles. The van der Waals surface area contributed by atoms with Crippen LogP contribution >= 0.6 is 34.7 Å². The van der Waals surface area contributed by atoms with Crippen molar-refractivity contribution in [3.63, 3.8) is 0 Å². The lowest BCUT2D eigenvalue weighted by Crippen LogP contribution is -2.38.